The van der Waals surface area contributed by atoms with E-state index in [0.717, 1.165) is 0 Å². The molecule has 0 radical (unpaired) electrons. The molecule has 1 aliphatic heterocycles. The second kappa shape index (κ2) is 4.78. The monoisotopic (exact) mass is 301 g/mol. The summed E-state index contributed by atoms with van der Waals surface area (Å²) in [5.41, 5.74) is 6.62. The Labute approximate surface area is 117 Å². The Bertz CT molecular complexity index is 621. The van der Waals surface area contributed by atoms with Gasteiger partial charge in [-0.25, -0.2) is 4.98 Å². The zero-order valence-electron chi connectivity index (χ0n) is 9.77. The van der Waals surface area contributed by atoms with Crippen molar-refractivity contribution < 1.29 is 10.2 Å². The van der Waals surface area contributed by atoms with Crippen LogP contribution in [0.15, 0.2) is 6.33 Å². The standard InChI is InChI=1S/C10H12ClN5O2S/c11-8-7-9(15-10(12)14-8)16(3-13-7)6-1-4(18)5(2-17)19-6/h3-6,17-18H,1-2H2,(H2,12,14,15)/t4-,5+,6+/m0/s1. The zero-order chi connectivity index (χ0) is 13.6. The molecule has 0 saturated carbocycles. The molecular formula is C10H12ClN5O2S. The highest BCUT2D eigenvalue weighted by atomic mass is 35.5. The summed E-state index contributed by atoms with van der Waals surface area (Å²) in [4.78, 5) is 12.2. The zero-order valence-corrected chi connectivity index (χ0v) is 11.3. The van der Waals surface area contributed by atoms with Gasteiger partial charge in [-0.05, 0) is 0 Å². The summed E-state index contributed by atoms with van der Waals surface area (Å²) in [7, 11) is 0. The van der Waals surface area contributed by atoms with Crippen LogP contribution in [0.4, 0.5) is 5.95 Å². The van der Waals surface area contributed by atoms with Crippen molar-refractivity contribution in [1.82, 2.24) is 19.5 Å². The van der Waals surface area contributed by atoms with Gasteiger partial charge in [-0.3, -0.25) is 0 Å². The lowest BCUT2D eigenvalue weighted by Gasteiger charge is -2.11. The smallest absolute Gasteiger partial charge is 0.223 e. The number of imidazole rings is 1. The largest absolute Gasteiger partial charge is 0.395 e. The second-order valence-electron chi connectivity index (χ2n) is 4.31. The van der Waals surface area contributed by atoms with Gasteiger partial charge in [0.15, 0.2) is 10.8 Å². The van der Waals surface area contributed by atoms with Gasteiger partial charge in [-0.2, -0.15) is 9.97 Å². The van der Waals surface area contributed by atoms with Crippen molar-refractivity contribution in [3.05, 3.63) is 11.5 Å². The molecule has 2 aromatic rings. The van der Waals surface area contributed by atoms with Gasteiger partial charge in [0.1, 0.15) is 5.52 Å². The normalized spacial score (nSPS) is 27.2. The summed E-state index contributed by atoms with van der Waals surface area (Å²) in [5.74, 6) is 0.0847. The van der Waals surface area contributed by atoms with Crippen LogP contribution in [0.1, 0.15) is 11.8 Å². The fraction of sp³-hybridized carbons (Fsp3) is 0.500. The summed E-state index contributed by atoms with van der Waals surface area (Å²) in [6.45, 7) is -0.0627. The van der Waals surface area contributed by atoms with Crippen LogP contribution < -0.4 is 5.73 Å². The molecule has 0 spiro atoms. The summed E-state index contributed by atoms with van der Waals surface area (Å²) in [5, 5.41) is 19.0. The number of anilines is 1. The van der Waals surface area contributed by atoms with Crippen LogP contribution in [0.25, 0.3) is 11.2 Å². The molecule has 1 saturated heterocycles. The Morgan fingerprint density at radius 1 is 1.53 bits per heavy atom. The van der Waals surface area contributed by atoms with Crippen molar-refractivity contribution in [3.63, 3.8) is 0 Å². The number of fused-ring (bicyclic) bond motifs is 1. The molecule has 2 aromatic heterocycles. The third kappa shape index (κ3) is 2.14. The van der Waals surface area contributed by atoms with Crippen LogP contribution in [0.3, 0.4) is 0 Å². The molecule has 3 rings (SSSR count). The third-order valence-corrected chi connectivity index (χ3v) is 4.90. The predicted octanol–water partition coefficient (Wildman–Crippen LogP) is 0.419. The Hall–Kier alpha value is -1.09. The topological polar surface area (TPSA) is 110 Å². The SMILES string of the molecule is Nc1nc(Cl)c2ncn([C@H]3C[C@H](O)[C@@H](CO)S3)c2n1. The molecule has 3 atom stereocenters. The van der Waals surface area contributed by atoms with Crippen LogP contribution in [0.2, 0.25) is 5.15 Å². The van der Waals surface area contributed by atoms with Gasteiger partial charge in [-0.15, -0.1) is 11.8 Å². The van der Waals surface area contributed by atoms with Gasteiger partial charge in [0, 0.05) is 6.42 Å². The number of nitrogen functional groups attached to an aromatic ring is 1. The minimum absolute atomic E-state index is 0.0532. The first-order valence-electron chi connectivity index (χ1n) is 5.70. The number of aliphatic hydroxyl groups is 2. The lowest BCUT2D eigenvalue weighted by molar-refractivity contribution is 0.138. The lowest BCUT2D eigenvalue weighted by atomic mass is 10.2. The third-order valence-electron chi connectivity index (χ3n) is 3.09. The predicted molar refractivity (Wildman–Crippen MR) is 72.9 cm³/mol. The summed E-state index contributed by atoms with van der Waals surface area (Å²) >= 11 is 7.45. The maximum atomic E-state index is 9.84. The molecule has 1 fully saturated rings. The highest BCUT2D eigenvalue weighted by Crippen LogP contribution is 2.42. The van der Waals surface area contributed by atoms with E-state index in [1.165, 1.54) is 11.8 Å². The first kappa shape index (κ1) is 12.9. The number of nitrogens with zero attached hydrogens (tertiary/aromatic N) is 4. The van der Waals surface area contributed by atoms with Crippen molar-refractivity contribution in [2.45, 2.75) is 23.1 Å². The Balaban J connectivity index is 2.02. The van der Waals surface area contributed by atoms with E-state index in [9.17, 15) is 10.2 Å². The lowest BCUT2D eigenvalue weighted by Crippen LogP contribution is -2.20. The van der Waals surface area contributed by atoms with Crippen molar-refractivity contribution in [2.24, 2.45) is 0 Å². The summed E-state index contributed by atoms with van der Waals surface area (Å²) in [6.07, 6.45) is 1.57. The van der Waals surface area contributed by atoms with Gasteiger partial charge >= 0.3 is 0 Å². The first-order chi connectivity index (χ1) is 9.10. The number of hydrogen-bond acceptors (Lipinski definition) is 7. The molecule has 4 N–H and O–H groups in total. The molecule has 9 heteroatoms. The maximum absolute atomic E-state index is 9.84. The number of aromatic nitrogens is 4. The van der Waals surface area contributed by atoms with Crippen LogP contribution in [0.5, 0.6) is 0 Å². The summed E-state index contributed by atoms with van der Waals surface area (Å²) in [6, 6.07) is 0. The van der Waals surface area contributed by atoms with E-state index >= 15 is 0 Å². The fourth-order valence-electron chi connectivity index (χ4n) is 2.16. The Kier molecular flexibility index (Phi) is 3.25. The second-order valence-corrected chi connectivity index (χ2v) is 6.09. The molecule has 102 valence electrons. The maximum Gasteiger partial charge on any atom is 0.223 e. The van der Waals surface area contributed by atoms with E-state index in [2.05, 4.69) is 15.0 Å². The highest BCUT2D eigenvalue weighted by molar-refractivity contribution is 8.00. The average molecular weight is 302 g/mol. The molecular weight excluding hydrogens is 290 g/mol. The Morgan fingerprint density at radius 3 is 3.00 bits per heavy atom. The van der Waals surface area contributed by atoms with E-state index in [4.69, 9.17) is 17.3 Å². The molecule has 0 unspecified atom stereocenters. The molecule has 0 aromatic carbocycles. The number of halogens is 1. The number of aliphatic hydroxyl groups excluding tert-OH is 2. The number of hydrogen-bond donors (Lipinski definition) is 3. The van der Waals surface area contributed by atoms with Gasteiger partial charge < -0.3 is 20.5 Å². The molecule has 0 aliphatic carbocycles. The number of nitrogens with two attached hydrogens (primary N) is 1. The highest BCUT2D eigenvalue weighted by Gasteiger charge is 2.35. The van der Waals surface area contributed by atoms with Crippen LogP contribution in [-0.4, -0.2) is 47.7 Å². The van der Waals surface area contributed by atoms with Crippen molar-refractivity contribution >= 4 is 40.5 Å². The number of rotatable bonds is 2. The Morgan fingerprint density at radius 2 is 2.32 bits per heavy atom. The van der Waals surface area contributed by atoms with Gasteiger partial charge in [-0.1, -0.05) is 11.6 Å². The van der Waals surface area contributed by atoms with Crippen molar-refractivity contribution in [2.75, 3.05) is 12.3 Å². The fourth-order valence-corrected chi connectivity index (χ4v) is 3.75. The quantitative estimate of drug-likeness (QED) is 0.689. The molecule has 0 bridgehead atoms. The average Bonchev–Trinajstić information content (AvgIpc) is 2.92. The minimum atomic E-state index is -0.549. The molecule has 19 heavy (non-hydrogen) atoms. The van der Waals surface area contributed by atoms with E-state index in [-0.39, 0.29) is 28.3 Å². The van der Waals surface area contributed by atoms with Gasteiger partial charge in [0.2, 0.25) is 5.95 Å². The van der Waals surface area contributed by atoms with E-state index in [1.807, 2.05) is 4.57 Å². The van der Waals surface area contributed by atoms with E-state index in [0.29, 0.717) is 17.6 Å². The summed E-state index contributed by atoms with van der Waals surface area (Å²) < 4.78 is 1.81. The van der Waals surface area contributed by atoms with Crippen molar-refractivity contribution in [1.29, 1.82) is 0 Å². The van der Waals surface area contributed by atoms with Gasteiger partial charge in [0.25, 0.3) is 0 Å². The molecule has 7 nitrogen and oxygen atoms in total. The van der Waals surface area contributed by atoms with E-state index in [1.54, 1.807) is 6.33 Å². The molecule has 0 amide bonds. The van der Waals surface area contributed by atoms with Crippen LogP contribution >= 0.6 is 23.4 Å². The first-order valence-corrected chi connectivity index (χ1v) is 7.02. The van der Waals surface area contributed by atoms with Gasteiger partial charge in [0.05, 0.1) is 29.7 Å². The van der Waals surface area contributed by atoms with E-state index < -0.39 is 6.10 Å². The molecule has 1 aliphatic rings. The molecule has 3 heterocycles. The van der Waals surface area contributed by atoms with Crippen LogP contribution in [-0.2, 0) is 0 Å². The number of thioether (sulfide) groups is 1. The van der Waals surface area contributed by atoms with Crippen LogP contribution in [0, 0.1) is 0 Å². The minimum Gasteiger partial charge on any atom is -0.395 e. The van der Waals surface area contributed by atoms with Crippen molar-refractivity contribution in [3.8, 4) is 0 Å².